The number of nitrogens with zero attached hydrogens (tertiary/aromatic N) is 2. The summed E-state index contributed by atoms with van der Waals surface area (Å²) in [7, 11) is 0. The van der Waals surface area contributed by atoms with Crippen LogP contribution in [0.4, 0.5) is 10.5 Å². The molecular weight excluding hydrogens is 268 g/mol. The molecule has 1 N–H and O–H groups in total. The lowest BCUT2D eigenvalue weighted by Gasteiger charge is -2.35. The first-order valence-electron chi connectivity index (χ1n) is 6.82. The van der Waals surface area contributed by atoms with Crippen LogP contribution in [0.5, 0.6) is 0 Å². The topological polar surface area (TPSA) is 60.9 Å². The van der Waals surface area contributed by atoms with Gasteiger partial charge in [-0.15, -0.1) is 6.42 Å². The van der Waals surface area contributed by atoms with Crippen molar-refractivity contribution in [2.75, 3.05) is 24.5 Å². The standard InChI is InChI=1S/C16H18N2O3/c1-3-8-17(11-15(19)20)16(21)18-10-12(2)9-13-6-4-5-7-14(13)18/h1,4-7,12H,8-11H2,2H3,(H,19,20). The normalized spacial score (nSPS) is 16.8. The number of benzene rings is 1. The first kappa shape index (κ1) is 14.9. The molecule has 1 atom stereocenters. The number of rotatable bonds is 3. The second kappa shape index (κ2) is 6.31. The maximum Gasteiger partial charge on any atom is 0.325 e. The molecule has 0 fully saturated rings. The molecule has 5 heteroatoms. The lowest BCUT2D eigenvalue weighted by atomic mass is 9.94. The van der Waals surface area contributed by atoms with E-state index in [-0.39, 0.29) is 12.6 Å². The van der Waals surface area contributed by atoms with Gasteiger partial charge in [0, 0.05) is 12.2 Å². The van der Waals surface area contributed by atoms with Crippen molar-refractivity contribution in [3.8, 4) is 12.3 Å². The predicted molar refractivity (Wildman–Crippen MR) is 80.1 cm³/mol. The lowest BCUT2D eigenvalue weighted by Crippen LogP contribution is -2.49. The fourth-order valence-electron chi connectivity index (χ4n) is 2.61. The van der Waals surface area contributed by atoms with Crippen molar-refractivity contribution in [2.24, 2.45) is 5.92 Å². The molecule has 1 unspecified atom stereocenters. The average Bonchev–Trinajstić information content (AvgIpc) is 2.44. The summed E-state index contributed by atoms with van der Waals surface area (Å²) in [5.74, 6) is 1.59. The summed E-state index contributed by atoms with van der Waals surface area (Å²) in [6.45, 7) is 2.23. The Balaban J connectivity index is 2.29. The summed E-state index contributed by atoms with van der Waals surface area (Å²) < 4.78 is 0. The molecule has 1 aliphatic heterocycles. The van der Waals surface area contributed by atoms with E-state index in [1.54, 1.807) is 4.90 Å². The first-order chi connectivity index (χ1) is 10.0. The number of carbonyl (C=O) groups is 2. The fraction of sp³-hybridized carbons (Fsp3) is 0.375. The van der Waals surface area contributed by atoms with Crippen molar-refractivity contribution in [2.45, 2.75) is 13.3 Å². The van der Waals surface area contributed by atoms with Crippen LogP contribution in [-0.2, 0) is 11.2 Å². The Kier molecular flexibility index (Phi) is 4.49. The Hall–Kier alpha value is -2.48. The van der Waals surface area contributed by atoms with Crippen molar-refractivity contribution in [3.05, 3.63) is 29.8 Å². The zero-order valence-corrected chi connectivity index (χ0v) is 12.0. The van der Waals surface area contributed by atoms with E-state index < -0.39 is 12.5 Å². The van der Waals surface area contributed by atoms with Gasteiger partial charge >= 0.3 is 12.0 Å². The van der Waals surface area contributed by atoms with Crippen LogP contribution in [0.1, 0.15) is 12.5 Å². The second-order valence-corrected chi connectivity index (χ2v) is 5.29. The average molecular weight is 286 g/mol. The number of fused-ring (bicyclic) bond motifs is 1. The number of hydrogen-bond donors (Lipinski definition) is 1. The number of carbonyl (C=O) groups excluding carboxylic acids is 1. The van der Waals surface area contributed by atoms with Gasteiger partial charge in [0.2, 0.25) is 0 Å². The summed E-state index contributed by atoms with van der Waals surface area (Å²) in [5.41, 5.74) is 1.94. The number of amides is 2. The summed E-state index contributed by atoms with van der Waals surface area (Å²) >= 11 is 0. The quantitative estimate of drug-likeness (QED) is 0.862. The molecule has 0 saturated heterocycles. The molecule has 0 radical (unpaired) electrons. The van der Waals surface area contributed by atoms with E-state index in [1.165, 1.54) is 4.90 Å². The molecule has 2 amide bonds. The Morgan fingerprint density at radius 1 is 1.48 bits per heavy atom. The maximum atomic E-state index is 12.6. The van der Waals surface area contributed by atoms with Crippen LogP contribution in [0.25, 0.3) is 0 Å². The number of terminal acetylenes is 1. The molecular formula is C16H18N2O3. The zero-order valence-electron chi connectivity index (χ0n) is 12.0. The molecule has 0 aromatic heterocycles. The fourth-order valence-corrected chi connectivity index (χ4v) is 2.61. The van der Waals surface area contributed by atoms with Crippen molar-refractivity contribution in [3.63, 3.8) is 0 Å². The molecule has 1 aliphatic rings. The van der Waals surface area contributed by atoms with Crippen LogP contribution < -0.4 is 4.90 Å². The number of carboxylic acid groups (broad SMARTS) is 1. The summed E-state index contributed by atoms with van der Waals surface area (Å²) in [6, 6.07) is 7.34. The number of para-hydroxylation sites is 1. The minimum atomic E-state index is -1.07. The number of carboxylic acids is 1. The monoisotopic (exact) mass is 286 g/mol. The van der Waals surface area contributed by atoms with Crippen molar-refractivity contribution < 1.29 is 14.7 Å². The SMILES string of the molecule is C#CCN(CC(=O)O)C(=O)N1CC(C)Cc2ccccc21. The zero-order chi connectivity index (χ0) is 15.4. The molecule has 5 nitrogen and oxygen atoms in total. The molecule has 1 aromatic carbocycles. The number of hydrogen-bond acceptors (Lipinski definition) is 2. The molecule has 110 valence electrons. The smallest absolute Gasteiger partial charge is 0.325 e. The van der Waals surface area contributed by atoms with Gasteiger partial charge in [-0.05, 0) is 24.0 Å². The van der Waals surface area contributed by atoms with E-state index in [1.807, 2.05) is 24.3 Å². The van der Waals surface area contributed by atoms with Crippen molar-refractivity contribution in [1.82, 2.24) is 4.90 Å². The summed E-state index contributed by atoms with van der Waals surface area (Å²) in [4.78, 5) is 26.3. The van der Waals surface area contributed by atoms with E-state index in [9.17, 15) is 9.59 Å². The van der Waals surface area contributed by atoms with Gasteiger partial charge in [-0.2, -0.15) is 0 Å². The van der Waals surface area contributed by atoms with Crippen LogP contribution in [0.2, 0.25) is 0 Å². The molecule has 1 aromatic rings. The van der Waals surface area contributed by atoms with Crippen molar-refractivity contribution >= 4 is 17.7 Å². The van der Waals surface area contributed by atoms with Gasteiger partial charge in [0.1, 0.15) is 6.54 Å². The highest BCUT2D eigenvalue weighted by molar-refractivity contribution is 5.95. The molecule has 0 aliphatic carbocycles. The van der Waals surface area contributed by atoms with E-state index in [4.69, 9.17) is 11.5 Å². The summed E-state index contributed by atoms with van der Waals surface area (Å²) in [6.07, 6.45) is 6.15. The molecule has 2 rings (SSSR count). The van der Waals surface area contributed by atoms with Crippen LogP contribution in [0.15, 0.2) is 24.3 Å². The van der Waals surface area contributed by atoms with Gasteiger partial charge in [-0.1, -0.05) is 31.0 Å². The van der Waals surface area contributed by atoms with Crippen molar-refractivity contribution in [1.29, 1.82) is 0 Å². The minimum absolute atomic E-state index is 0.0157. The third-order valence-electron chi connectivity index (χ3n) is 3.45. The van der Waals surface area contributed by atoms with Crippen LogP contribution >= 0.6 is 0 Å². The third kappa shape index (κ3) is 3.34. The van der Waals surface area contributed by atoms with Crippen LogP contribution in [0.3, 0.4) is 0 Å². The largest absolute Gasteiger partial charge is 0.480 e. The highest BCUT2D eigenvalue weighted by atomic mass is 16.4. The predicted octanol–water partition coefficient (Wildman–Crippen LogP) is 1.82. The number of aliphatic carboxylic acids is 1. The highest BCUT2D eigenvalue weighted by Crippen LogP contribution is 2.30. The molecule has 21 heavy (non-hydrogen) atoms. The number of urea groups is 1. The van der Waals surface area contributed by atoms with Gasteiger partial charge in [-0.3, -0.25) is 9.69 Å². The molecule has 0 saturated carbocycles. The molecule has 1 heterocycles. The highest BCUT2D eigenvalue weighted by Gasteiger charge is 2.29. The maximum absolute atomic E-state index is 12.6. The Labute approximate surface area is 124 Å². The van der Waals surface area contributed by atoms with E-state index in [0.29, 0.717) is 12.5 Å². The summed E-state index contributed by atoms with van der Waals surface area (Å²) in [5, 5.41) is 8.92. The second-order valence-electron chi connectivity index (χ2n) is 5.29. The van der Waals surface area contributed by atoms with Gasteiger partial charge in [0.15, 0.2) is 0 Å². The minimum Gasteiger partial charge on any atom is -0.480 e. The van der Waals surface area contributed by atoms with Crippen LogP contribution in [0, 0.1) is 18.3 Å². The molecule has 0 spiro atoms. The Morgan fingerprint density at radius 2 is 2.19 bits per heavy atom. The van der Waals surface area contributed by atoms with E-state index >= 15 is 0 Å². The van der Waals surface area contributed by atoms with Gasteiger partial charge in [0.25, 0.3) is 0 Å². The third-order valence-corrected chi connectivity index (χ3v) is 3.45. The van der Waals surface area contributed by atoms with E-state index in [0.717, 1.165) is 17.7 Å². The van der Waals surface area contributed by atoms with Crippen LogP contribution in [-0.4, -0.2) is 41.6 Å². The lowest BCUT2D eigenvalue weighted by molar-refractivity contribution is -0.137. The Bertz CT molecular complexity index is 591. The first-order valence-corrected chi connectivity index (χ1v) is 6.82. The van der Waals surface area contributed by atoms with Gasteiger partial charge in [-0.25, -0.2) is 4.79 Å². The number of anilines is 1. The molecule has 0 bridgehead atoms. The Morgan fingerprint density at radius 3 is 2.86 bits per heavy atom. The van der Waals surface area contributed by atoms with Gasteiger partial charge < -0.3 is 10.0 Å². The van der Waals surface area contributed by atoms with Gasteiger partial charge in [0.05, 0.1) is 6.54 Å². The van der Waals surface area contributed by atoms with E-state index in [2.05, 4.69) is 12.8 Å².